The van der Waals surface area contributed by atoms with Crippen LogP contribution >= 0.6 is 0 Å². The normalized spacial score (nSPS) is 25.6. The molecule has 1 saturated heterocycles. The SMILES string of the molecule is C[C@H]1C[C@@H](CC(=O)CN2CCCCC2)C[C@@H](c2ccc(C#N)c3nccnc23)C1. The zero-order valence-corrected chi connectivity index (χ0v) is 17.3. The number of nitriles is 1. The number of rotatable bonds is 5. The Bertz CT molecular complexity index is 913. The number of hydrogen-bond donors (Lipinski definition) is 0. The van der Waals surface area contributed by atoms with Crippen molar-refractivity contribution in [1.82, 2.24) is 14.9 Å². The molecule has 1 aliphatic carbocycles. The van der Waals surface area contributed by atoms with Crippen LogP contribution in [0.4, 0.5) is 0 Å². The second-order valence-electron chi connectivity index (χ2n) is 9.02. The summed E-state index contributed by atoms with van der Waals surface area (Å²) in [6.45, 7) is 5.07. The summed E-state index contributed by atoms with van der Waals surface area (Å²) in [5, 5.41) is 9.40. The van der Waals surface area contributed by atoms with Crippen molar-refractivity contribution in [2.45, 2.75) is 57.8 Å². The lowest BCUT2D eigenvalue weighted by Crippen LogP contribution is -2.35. The molecule has 29 heavy (non-hydrogen) atoms. The van der Waals surface area contributed by atoms with Crippen molar-refractivity contribution in [3.05, 3.63) is 35.7 Å². The number of aromatic nitrogens is 2. The fourth-order valence-electron chi connectivity index (χ4n) is 5.42. The van der Waals surface area contributed by atoms with Gasteiger partial charge in [0.25, 0.3) is 0 Å². The quantitative estimate of drug-likeness (QED) is 0.753. The Morgan fingerprint density at radius 2 is 1.86 bits per heavy atom. The first-order chi connectivity index (χ1) is 14.1. The molecule has 152 valence electrons. The van der Waals surface area contributed by atoms with Crippen LogP contribution in [0.5, 0.6) is 0 Å². The van der Waals surface area contributed by atoms with Gasteiger partial charge in [-0.05, 0) is 74.6 Å². The van der Waals surface area contributed by atoms with Crippen LogP contribution < -0.4 is 0 Å². The minimum absolute atomic E-state index is 0.374. The van der Waals surface area contributed by atoms with E-state index in [2.05, 4.69) is 33.9 Å². The number of ketones is 1. The molecule has 0 unspecified atom stereocenters. The van der Waals surface area contributed by atoms with Crippen LogP contribution in [-0.4, -0.2) is 40.3 Å². The van der Waals surface area contributed by atoms with Gasteiger partial charge >= 0.3 is 0 Å². The summed E-state index contributed by atoms with van der Waals surface area (Å²) < 4.78 is 0. The third kappa shape index (κ3) is 4.64. The van der Waals surface area contributed by atoms with Crippen molar-refractivity contribution >= 4 is 16.8 Å². The lowest BCUT2D eigenvalue weighted by Gasteiger charge is -2.34. The number of likely N-dealkylation sites (tertiary alicyclic amines) is 1. The van der Waals surface area contributed by atoms with Crippen molar-refractivity contribution in [2.75, 3.05) is 19.6 Å². The lowest BCUT2D eigenvalue weighted by atomic mass is 9.71. The first-order valence-corrected chi connectivity index (χ1v) is 11.0. The van der Waals surface area contributed by atoms with Gasteiger partial charge in [-0.15, -0.1) is 0 Å². The van der Waals surface area contributed by atoms with E-state index >= 15 is 0 Å². The Morgan fingerprint density at radius 3 is 2.62 bits per heavy atom. The van der Waals surface area contributed by atoms with Crippen LogP contribution in [0.3, 0.4) is 0 Å². The van der Waals surface area contributed by atoms with E-state index in [9.17, 15) is 10.1 Å². The molecule has 0 radical (unpaired) electrons. The number of carbonyl (C=O) groups excluding carboxylic acids is 1. The number of piperidine rings is 1. The molecular weight excluding hydrogens is 360 g/mol. The van der Waals surface area contributed by atoms with Gasteiger partial charge in [0.05, 0.1) is 17.6 Å². The molecule has 0 bridgehead atoms. The van der Waals surface area contributed by atoms with Crippen LogP contribution in [0.1, 0.15) is 68.9 Å². The molecule has 0 N–H and O–H groups in total. The predicted octanol–water partition coefficient (Wildman–Crippen LogP) is 4.47. The van der Waals surface area contributed by atoms with Crippen LogP contribution in [0, 0.1) is 23.2 Å². The van der Waals surface area contributed by atoms with Crippen molar-refractivity contribution in [1.29, 1.82) is 5.26 Å². The maximum Gasteiger partial charge on any atom is 0.147 e. The minimum atomic E-state index is 0.374. The number of nitrogens with zero attached hydrogens (tertiary/aromatic N) is 4. The highest BCUT2D eigenvalue weighted by Gasteiger charge is 2.30. The molecule has 2 aromatic rings. The van der Waals surface area contributed by atoms with E-state index in [0.29, 0.717) is 47.6 Å². The van der Waals surface area contributed by atoms with Crippen molar-refractivity contribution < 1.29 is 4.79 Å². The van der Waals surface area contributed by atoms with Gasteiger partial charge in [-0.1, -0.05) is 19.4 Å². The molecule has 3 atom stereocenters. The molecule has 1 aliphatic heterocycles. The molecule has 2 fully saturated rings. The largest absolute Gasteiger partial charge is 0.298 e. The summed E-state index contributed by atoms with van der Waals surface area (Å²) in [5.74, 6) is 1.79. The minimum Gasteiger partial charge on any atom is -0.298 e. The number of Topliss-reactive ketones (excluding diaryl/α,β-unsaturated/α-hetero) is 1. The third-order valence-electron chi connectivity index (χ3n) is 6.62. The molecule has 1 aromatic heterocycles. The zero-order valence-electron chi connectivity index (χ0n) is 17.3. The first kappa shape index (κ1) is 20.0. The van der Waals surface area contributed by atoms with Crippen molar-refractivity contribution in [2.24, 2.45) is 11.8 Å². The summed E-state index contributed by atoms with van der Waals surface area (Å²) in [7, 11) is 0. The monoisotopic (exact) mass is 390 g/mol. The van der Waals surface area contributed by atoms with Gasteiger partial charge in [-0.3, -0.25) is 19.7 Å². The van der Waals surface area contributed by atoms with Gasteiger partial charge in [0, 0.05) is 18.8 Å². The van der Waals surface area contributed by atoms with E-state index in [-0.39, 0.29) is 0 Å². The Balaban J connectivity index is 1.49. The van der Waals surface area contributed by atoms with Gasteiger partial charge in [0.15, 0.2) is 0 Å². The molecule has 1 saturated carbocycles. The number of hydrogen-bond acceptors (Lipinski definition) is 5. The summed E-state index contributed by atoms with van der Waals surface area (Å²) >= 11 is 0. The van der Waals surface area contributed by atoms with E-state index in [1.165, 1.54) is 24.8 Å². The highest BCUT2D eigenvalue weighted by molar-refractivity contribution is 5.84. The van der Waals surface area contributed by atoms with Crippen LogP contribution in [0.2, 0.25) is 0 Å². The highest BCUT2D eigenvalue weighted by Crippen LogP contribution is 2.42. The molecule has 2 heterocycles. The van der Waals surface area contributed by atoms with Crippen LogP contribution in [0.25, 0.3) is 11.0 Å². The molecule has 5 nitrogen and oxygen atoms in total. The Labute approximate surface area is 173 Å². The number of fused-ring (bicyclic) bond motifs is 1. The molecule has 5 heteroatoms. The summed E-state index contributed by atoms with van der Waals surface area (Å²) in [5.41, 5.74) is 3.31. The topological polar surface area (TPSA) is 69.9 Å². The maximum absolute atomic E-state index is 12.7. The fourth-order valence-corrected chi connectivity index (χ4v) is 5.42. The van der Waals surface area contributed by atoms with Gasteiger partial charge < -0.3 is 0 Å². The number of carbonyl (C=O) groups is 1. The average molecular weight is 391 g/mol. The smallest absolute Gasteiger partial charge is 0.147 e. The van der Waals surface area contributed by atoms with E-state index in [1.807, 2.05) is 6.07 Å². The average Bonchev–Trinajstić information content (AvgIpc) is 2.73. The Kier molecular flexibility index (Phi) is 6.20. The molecule has 4 rings (SSSR count). The maximum atomic E-state index is 12.7. The van der Waals surface area contributed by atoms with E-state index in [4.69, 9.17) is 0 Å². The van der Waals surface area contributed by atoms with Crippen LogP contribution in [0.15, 0.2) is 24.5 Å². The first-order valence-electron chi connectivity index (χ1n) is 11.0. The molecule has 1 aromatic carbocycles. The second-order valence-corrected chi connectivity index (χ2v) is 9.02. The summed E-state index contributed by atoms with van der Waals surface area (Å²) in [6.07, 6.45) is 11.1. The van der Waals surface area contributed by atoms with Crippen molar-refractivity contribution in [3.8, 4) is 6.07 Å². The Hall–Kier alpha value is -2.32. The van der Waals surface area contributed by atoms with E-state index in [1.54, 1.807) is 12.4 Å². The van der Waals surface area contributed by atoms with Gasteiger partial charge in [0.2, 0.25) is 0 Å². The highest BCUT2D eigenvalue weighted by atomic mass is 16.1. The standard InChI is InChI=1S/C24H30N4O/c1-17-11-18(14-21(29)16-28-9-3-2-4-10-28)13-20(12-17)22-6-5-19(15-25)23-24(22)27-8-7-26-23/h5-8,17-18,20H,2-4,9-14,16H2,1H3/t17-,18+,20-/m0/s1. The van der Waals surface area contributed by atoms with Gasteiger partial charge in [-0.25, -0.2) is 0 Å². The van der Waals surface area contributed by atoms with Gasteiger partial charge in [-0.2, -0.15) is 5.26 Å². The lowest BCUT2D eigenvalue weighted by molar-refractivity contribution is -0.121. The predicted molar refractivity (Wildman–Crippen MR) is 113 cm³/mol. The Morgan fingerprint density at radius 1 is 1.10 bits per heavy atom. The van der Waals surface area contributed by atoms with Crippen LogP contribution in [-0.2, 0) is 4.79 Å². The molecule has 2 aliphatic rings. The molecular formula is C24H30N4O. The summed E-state index contributed by atoms with van der Waals surface area (Å²) in [6, 6.07) is 6.17. The van der Waals surface area contributed by atoms with Gasteiger partial charge in [0.1, 0.15) is 17.4 Å². The van der Waals surface area contributed by atoms with E-state index < -0.39 is 0 Å². The van der Waals surface area contributed by atoms with Crippen molar-refractivity contribution in [3.63, 3.8) is 0 Å². The van der Waals surface area contributed by atoms with E-state index in [0.717, 1.165) is 37.9 Å². The fraction of sp³-hybridized carbons (Fsp3) is 0.583. The molecule has 0 amide bonds. The number of benzene rings is 1. The zero-order chi connectivity index (χ0) is 20.2. The summed E-state index contributed by atoms with van der Waals surface area (Å²) in [4.78, 5) is 24.0. The third-order valence-corrected chi connectivity index (χ3v) is 6.62. The second kappa shape index (κ2) is 9.00. The molecule has 0 spiro atoms.